The van der Waals surface area contributed by atoms with Crippen LogP contribution in [0.2, 0.25) is 0 Å². The van der Waals surface area contributed by atoms with Gasteiger partial charge in [0.25, 0.3) is 0 Å². The standard InChI is InChI=1S/C19H18N2O2/c1-12-4-5-15(13(2)10-12)6-9-19(22)21-16-7-8-18-17(11-16)20-14(3)23-18/h4-11H,1-3H3,(H,21,22)/b9-6+. The number of oxazole rings is 1. The lowest BCUT2D eigenvalue weighted by Gasteiger charge is -2.03. The summed E-state index contributed by atoms with van der Waals surface area (Å²) in [5.74, 6) is 0.433. The van der Waals surface area contributed by atoms with E-state index in [2.05, 4.69) is 23.3 Å². The maximum Gasteiger partial charge on any atom is 0.248 e. The summed E-state index contributed by atoms with van der Waals surface area (Å²) in [6.45, 7) is 5.88. The normalized spacial score (nSPS) is 11.3. The zero-order valence-electron chi connectivity index (χ0n) is 13.4. The quantitative estimate of drug-likeness (QED) is 0.729. The summed E-state index contributed by atoms with van der Waals surface area (Å²) in [5.41, 5.74) is 5.54. The molecule has 4 nitrogen and oxygen atoms in total. The van der Waals surface area contributed by atoms with E-state index in [1.807, 2.05) is 25.1 Å². The molecule has 116 valence electrons. The van der Waals surface area contributed by atoms with Crippen LogP contribution in [0.3, 0.4) is 0 Å². The lowest BCUT2D eigenvalue weighted by molar-refractivity contribution is -0.111. The van der Waals surface area contributed by atoms with Crippen molar-refractivity contribution in [2.75, 3.05) is 5.32 Å². The van der Waals surface area contributed by atoms with Crippen LogP contribution in [0.1, 0.15) is 22.6 Å². The first kappa shape index (κ1) is 15.0. The number of carbonyl (C=O) groups is 1. The third-order valence-corrected chi connectivity index (χ3v) is 3.60. The van der Waals surface area contributed by atoms with Crippen LogP contribution < -0.4 is 5.32 Å². The molecule has 0 unspecified atom stereocenters. The second-order valence-corrected chi connectivity index (χ2v) is 5.60. The minimum absolute atomic E-state index is 0.176. The smallest absolute Gasteiger partial charge is 0.248 e. The number of aryl methyl sites for hydroxylation is 3. The summed E-state index contributed by atoms with van der Waals surface area (Å²) in [6.07, 6.45) is 3.36. The molecule has 1 N–H and O–H groups in total. The van der Waals surface area contributed by atoms with Gasteiger partial charge in [-0.1, -0.05) is 23.8 Å². The summed E-state index contributed by atoms with van der Waals surface area (Å²) in [7, 11) is 0. The van der Waals surface area contributed by atoms with Crippen molar-refractivity contribution in [3.05, 3.63) is 65.1 Å². The highest BCUT2D eigenvalue weighted by molar-refractivity contribution is 6.02. The number of hydrogen-bond acceptors (Lipinski definition) is 3. The summed E-state index contributed by atoms with van der Waals surface area (Å²) >= 11 is 0. The second-order valence-electron chi connectivity index (χ2n) is 5.60. The van der Waals surface area contributed by atoms with Gasteiger partial charge in [-0.05, 0) is 49.2 Å². The van der Waals surface area contributed by atoms with Gasteiger partial charge >= 0.3 is 0 Å². The predicted molar refractivity (Wildman–Crippen MR) is 92.3 cm³/mol. The summed E-state index contributed by atoms with van der Waals surface area (Å²) in [6, 6.07) is 11.5. The van der Waals surface area contributed by atoms with E-state index in [0.29, 0.717) is 17.2 Å². The summed E-state index contributed by atoms with van der Waals surface area (Å²) in [4.78, 5) is 16.3. The van der Waals surface area contributed by atoms with Gasteiger partial charge in [-0.3, -0.25) is 4.79 Å². The van der Waals surface area contributed by atoms with Gasteiger partial charge < -0.3 is 9.73 Å². The van der Waals surface area contributed by atoms with Gasteiger partial charge in [-0.2, -0.15) is 0 Å². The third kappa shape index (κ3) is 3.48. The fourth-order valence-corrected chi connectivity index (χ4v) is 2.48. The van der Waals surface area contributed by atoms with Gasteiger partial charge in [0, 0.05) is 18.7 Å². The Morgan fingerprint density at radius 1 is 1.13 bits per heavy atom. The van der Waals surface area contributed by atoms with Gasteiger partial charge in [0.15, 0.2) is 11.5 Å². The van der Waals surface area contributed by atoms with Crippen LogP contribution in [-0.4, -0.2) is 10.9 Å². The lowest BCUT2D eigenvalue weighted by atomic mass is 10.1. The van der Waals surface area contributed by atoms with Gasteiger partial charge in [-0.25, -0.2) is 4.98 Å². The van der Waals surface area contributed by atoms with E-state index in [1.54, 1.807) is 25.1 Å². The highest BCUT2D eigenvalue weighted by atomic mass is 16.3. The van der Waals surface area contributed by atoms with Crippen molar-refractivity contribution >= 4 is 28.8 Å². The van der Waals surface area contributed by atoms with Gasteiger partial charge in [0.2, 0.25) is 5.91 Å². The molecule has 0 aliphatic rings. The highest BCUT2D eigenvalue weighted by Crippen LogP contribution is 2.19. The molecule has 0 bridgehead atoms. The zero-order valence-corrected chi connectivity index (χ0v) is 13.4. The van der Waals surface area contributed by atoms with Crippen LogP contribution in [0, 0.1) is 20.8 Å². The van der Waals surface area contributed by atoms with E-state index in [9.17, 15) is 4.79 Å². The van der Waals surface area contributed by atoms with Crippen molar-refractivity contribution in [2.45, 2.75) is 20.8 Å². The molecule has 0 radical (unpaired) electrons. The van der Waals surface area contributed by atoms with E-state index in [0.717, 1.165) is 16.6 Å². The average molecular weight is 306 g/mol. The fraction of sp³-hybridized carbons (Fsp3) is 0.158. The molecule has 0 saturated carbocycles. The first-order valence-electron chi connectivity index (χ1n) is 7.45. The van der Waals surface area contributed by atoms with Crippen LogP contribution in [0.5, 0.6) is 0 Å². The topological polar surface area (TPSA) is 55.1 Å². The Balaban J connectivity index is 1.73. The molecule has 1 amide bonds. The highest BCUT2D eigenvalue weighted by Gasteiger charge is 2.05. The van der Waals surface area contributed by atoms with Crippen molar-refractivity contribution in [3.63, 3.8) is 0 Å². The molecule has 2 aromatic carbocycles. The number of fused-ring (bicyclic) bond motifs is 1. The minimum atomic E-state index is -0.176. The number of anilines is 1. The van der Waals surface area contributed by atoms with Gasteiger partial charge in [-0.15, -0.1) is 0 Å². The van der Waals surface area contributed by atoms with Crippen LogP contribution in [0.4, 0.5) is 5.69 Å². The molecule has 0 atom stereocenters. The number of nitrogens with one attached hydrogen (secondary N) is 1. The van der Waals surface area contributed by atoms with Crippen LogP contribution >= 0.6 is 0 Å². The molecular weight excluding hydrogens is 288 g/mol. The molecule has 0 fully saturated rings. The predicted octanol–water partition coefficient (Wildman–Crippen LogP) is 4.40. The van der Waals surface area contributed by atoms with E-state index >= 15 is 0 Å². The van der Waals surface area contributed by atoms with Crippen molar-refractivity contribution in [2.24, 2.45) is 0 Å². The molecule has 0 spiro atoms. The van der Waals surface area contributed by atoms with Crippen LogP contribution in [0.15, 0.2) is 46.9 Å². The molecule has 1 aromatic heterocycles. The Labute approximate surface area is 134 Å². The number of benzene rings is 2. The van der Waals surface area contributed by atoms with Gasteiger partial charge in [0.05, 0.1) is 0 Å². The Hall–Kier alpha value is -2.88. The number of aromatic nitrogens is 1. The molecule has 0 aliphatic heterocycles. The largest absolute Gasteiger partial charge is 0.441 e. The Bertz CT molecular complexity index is 907. The average Bonchev–Trinajstić information content (AvgIpc) is 2.85. The number of rotatable bonds is 3. The van der Waals surface area contributed by atoms with Crippen LogP contribution in [0.25, 0.3) is 17.2 Å². The lowest BCUT2D eigenvalue weighted by Crippen LogP contribution is -2.07. The van der Waals surface area contributed by atoms with Crippen molar-refractivity contribution < 1.29 is 9.21 Å². The van der Waals surface area contributed by atoms with Gasteiger partial charge in [0.1, 0.15) is 5.52 Å². The Kier molecular flexibility index (Phi) is 3.98. The van der Waals surface area contributed by atoms with Crippen molar-refractivity contribution in [1.29, 1.82) is 0 Å². The first-order chi connectivity index (χ1) is 11.0. The summed E-state index contributed by atoms with van der Waals surface area (Å²) < 4.78 is 5.42. The number of carbonyl (C=O) groups excluding carboxylic acids is 1. The van der Waals surface area contributed by atoms with Crippen molar-refractivity contribution in [1.82, 2.24) is 4.98 Å². The minimum Gasteiger partial charge on any atom is -0.441 e. The SMILES string of the molecule is Cc1ccc(/C=C/C(=O)Nc2ccc3oc(C)nc3c2)c(C)c1. The molecule has 3 aromatic rings. The van der Waals surface area contributed by atoms with Crippen LogP contribution in [-0.2, 0) is 4.79 Å². The molecule has 1 heterocycles. The molecule has 0 aliphatic carbocycles. The molecule has 3 rings (SSSR count). The number of nitrogens with zero attached hydrogens (tertiary/aromatic N) is 1. The Morgan fingerprint density at radius 3 is 2.74 bits per heavy atom. The van der Waals surface area contributed by atoms with E-state index < -0.39 is 0 Å². The molecule has 0 saturated heterocycles. The van der Waals surface area contributed by atoms with Crippen molar-refractivity contribution in [3.8, 4) is 0 Å². The molecule has 4 heteroatoms. The maximum absolute atomic E-state index is 12.1. The fourth-order valence-electron chi connectivity index (χ4n) is 2.48. The monoisotopic (exact) mass is 306 g/mol. The van der Waals surface area contributed by atoms with E-state index in [4.69, 9.17) is 4.42 Å². The number of amides is 1. The second kappa shape index (κ2) is 6.08. The van der Waals surface area contributed by atoms with E-state index in [1.165, 1.54) is 11.6 Å². The van der Waals surface area contributed by atoms with E-state index in [-0.39, 0.29) is 5.91 Å². The first-order valence-corrected chi connectivity index (χ1v) is 7.45. The molecular formula is C19H18N2O2. The molecule has 23 heavy (non-hydrogen) atoms. The maximum atomic E-state index is 12.1. The third-order valence-electron chi connectivity index (χ3n) is 3.60. The zero-order chi connectivity index (χ0) is 16.4. The Morgan fingerprint density at radius 2 is 1.96 bits per heavy atom. The summed E-state index contributed by atoms with van der Waals surface area (Å²) in [5, 5.41) is 2.84. The number of hydrogen-bond donors (Lipinski definition) is 1.